The summed E-state index contributed by atoms with van der Waals surface area (Å²) in [7, 11) is 0. The van der Waals surface area contributed by atoms with E-state index in [2.05, 4.69) is 40.1 Å². The molecule has 12 nitrogen and oxygen atoms in total. The van der Waals surface area contributed by atoms with Gasteiger partial charge in [-0.05, 0) is 27.2 Å². The van der Waals surface area contributed by atoms with Crippen LogP contribution >= 0.6 is 11.3 Å². The van der Waals surface area contributed by atoms with Crippen LogP contribution in [0.3, 0.4) is 0 Å². The number of carbonyl (C=O) groups excluding carboxylic acids is 4. The molecule has 0 saturated carbocycles. The standard InChI is InChI=1S/C14H19F3N4O5S.C4H10N2O.C3H8/c1-13(2,3)26-12(25)19-4-8(23)18-5-9(24)20-11-21-10(14(15,16)17)7(6-22)27-11;1-2-3-6-4(5)7;1-3-2/h22H,4-6H2,1-3H3,(H,18,23)(H,19,25)(H,20,21,24);2-3H2,1H3,(H3,5,6,7);3H2,1-2H3. The third-order valence-electron chi connectivity index (χ3n) is 3.14. The van der Waals surface area contributed by atoms with Gasteiger partial charge in [0.25, 0.3) is 0 Å². The first-order chi connectivity index (χ1) is 17.0. The maximum absolute atomic E-state index is 12.7. The van der Waals surface area contributed by atoms with Crippen molar-refractivity contribution in [1.29, 1.82) is 0 Å². The molecule has 5 amide bonds. The molecule has 1 heterocycles. The van der Waals surface area contributed by atoms with Crippen molar-refractivity contribution in [3.05, 3.63) is 10.6 Å². The lowest BCUT2D eigenvalue weighted by Crippen LogP contribution is -2.41. The van der Waals surface area contributed by atoms with E-state index >= 15 is 0 Å². The van der Waals surface area contributed by atoms with Crippen molar-refractivity contribution in [2.75, 3.05) is 25.0 Å². The number of ether oxygens (including phenoxy) is 1. The monoisotopic (exact) mass is 558 g/mol. The molecule has 0 aliphatic rings. The number of nitrogens with two attached hydrogens (primary N) is 1. The Morgan fingerprint density at radius 3 is 1.92 bits per heavy atom. The van der Waals surface area contributed by atoms with Gasteiger partial charge in [0.05, 0.1) is 18.0 Å². The minimum atomic E-state index is -4.76. The fourth-order valence-corrected chi connectivity index (χ4v) is 2.71. The Balaban J connectivity index is 0. The highest BCUT2D eigenvalue weighted by Gasteiger charge is 2.37. The molecule has 0 saturated heterocycles. The quantitative estimate of drug-likeness (QED) is 0.283. The summed E-state index contributed by atoms with van der Waals surface area (Å²) < 4.78 is 43.1. The number of anilines is 1. The second-order valence-electron chi connectivity index (χ2n) is 8.13. The number of hydrogen-bond acceptors (Lipinski definition) is 8. The molecule has 0 bridgehead atoms. The fourth-order valence-electron chi connectivity index (χ4n) is 1.85. The fraction of sp³-hybridized carbons (Fsp3) is 0.667. The number of nitrogens with zero attached hydrogens (tertiary/aromatic N) is 1. The number of alkyl carbamates (subject to hydrolysis) is 1. The summed E-state index contributed by atoms with van der Waals surface area (Å²) in [4.78, 5) is 47.3. The Morgan fingerprint density at radius 1 is 1.00 bits per heavy atom. The summed E-state index contributed by atoms with van der Waals surface area (Å²) in [5, 5.41) is 17.4. The number of halogens is 3. The van der Waals surface area contributed by atoms with Crippen LogP contribution < -0.4 is 27.0 Å². The van der Waals surface area contributed by atoms with Crippen LogP contribution in [0.2, 0.25) is 0 Å². The van der Waals surface area contributed by atoms with Gasteiger partial charge >= 0.3 is 18.3 Å². The molecule has 0 atom stereocenters. The molecule has 0 aromatic carbocycles. The summed E-state index contributed by atoms with van der Waals surface area (Å²) in [6, 6.07) is -0.443. The molecule has 214 valence electrons. The molecule has 1 aromatic heterocycles. The summed E-state index contributed by atoms with van der Waals surface area (Å²) in [5.74, 6) is -1.53. The maximum Gasteiger partial charge on any atom is 0.434 e. The summed E-state index contributed by atoms with van der Waals surface area (Å²) in [5.41, 5.74) is 2.71. The average molecular weight is 559 g/mol. The maximum atomic E-state index is 12.7. The number of primary amides is 1. The van der Waals surface area contributed by atoms with Crippen molar-refractivity contribution in [1.82, 2.24) is 20.9 Å². The number of carbonyl (C=O) groups is 4. The topological polar surface area (TPSA) is 185 Å². The number of alkyl halides is 3. The van der Waals surface area contributed by atoms with Gasteiger partial charge in [0, 0.05) is 6.54 Å². The van der Waals surface area contributed by atoms with Gasteiger partial charge in [0.15, 0.2) is 10.8 Å². The van der Waals surface area contributed by atoms with Gasteiger partial charge in [-0.3, -0.25) is 9.59 Å². The number of rotatable bonds is 8. The molecule has 16 heteroatoms. The number of urea groups is 1. The van der Waals surface area contributed by atoms with Crippen molar-refractivity contribution in [3.63, 3.8) is 0 Å². The molecule has 0 aliphatic carbocycles. The lowest BCUT2D eigenvalue weighted by atomic mass is 10.2. The zero-order valence-corrected chi connectivity index (χ0v) is 22.6. The van der Waals surface area contributed by atoms with E-state index < -0.39 is 66.0 Å². The molecule has 0 radical (unpaired) electrons. The van der Waals surface area contributed by atoms with Gasteiger partial charge in [0.2, 0.25) is 11.8 Å². The zero-order valence-electron chi connectivity index (χ0n) is 21.8. The number of aliphatic hydroxyl groups is 1. The Hall–Kier alpha value is -3.14. The van der Waals surface area contributed by atoms with Crippen molar-refractivity contribution in [3.8, 4) is 0 Å². The number of hydrogen-bond donors (Lipinski definition) is 6. The van der Waals surface area contributed by atoms with Crippen LogP contribution in [0.15, 0.2) is 0 Å². The number of nitrogens with one attached hydrogen (secondary N) is 4. The Morgan fingerprint density at radius 2 is 1.54 bits per heavy atom. The van der Waals surface area contributed by atoms with Crippen LogP contribution in [-0.2, 0) is 27.1 Å². The molecule has 0 aliphatic heterocycles. The highest BCUT2D eigenvalue weighted by Crippen LogP contribution is 2.36. The summed E-state index contributed by atoms with van der Waals surface area (Å²) in [6.45, 7) is 9.93. The number of aliphatic hydroxyl groups excluding tert-OH is 1. The minimum absolute atomic E-state index is 0.363. The largest absolute Gasteiger partial charge is 0.444 e. The molecule has 37 heavy (non-hydrogen) atoms. The van der Waals surface area contributed by atoms with Crippen molar-refractivity contribution in [2.24, 2.45) is 5.73 Å². The van der Waals surface area contributed by atoms with Crippen LogP contribution in [0, 0.1) is 0 Å². The number of amides is 5. The number of thiazole rings is 1. The van der Waals surface area contributed by atoms with Crippen molar-refractivity contribution >= 4 is 40.4 Å². The first kappa shape index (κ1) is 36.0. The molecular formula is C21H37F3N6O6S. The predicted octanol–water partition coefficient (Wildman–Crippen LogP) is 2.71. The number of aromatic nitrogens is 1. The van der Waals surface area contributed by atoms with E-state index in [-0.39, 0.29) is 5.13 Å². The van der Waals surface area contributed by atoms with Gasteiger partial charge in [0.1, 0.15) is 12.1 Å². The van der Waals surface area contributed by atoms with Crippen LogP contribution in [0.25, 0.3) is 0 Å². The van der Waals surface area contributed by atoms with Gasteiger partial charge < -0.3 is 36.8 Å². The molecule has 7 N–H and O–H groups in total. The van der Waals surface area contributed by atoms with Gasteiger partial charge in [-0.2, -0.15) is 13.2 Å². The Labute approximate surface area is 217 Å². The van der Waals surface area contributed by atoms with E-state index in [1.807, 2.05) is 6.92 Å². The van der Waals surface area contributed by atoms with Crippen molar-refractivity contribution < 1.29 is 42.2 Å². The van der Waals surface area contributed by atoms with E-state index in [4.69, 9.17) is 15.6 Å². The summed E-state index contributed by atoms with van der Waals surface area (Å²) >= 11 is 0.469. The highest BCUT2D eigenvalue weighted by molar-refractivity contribution is 7.15. The van der Waals surface area contributed by atoms with Crippen LogP contribution in [-0.4, -0.2) is 59.3 Å². The second-order valence-corrected chi connectivity index (χ2v) is 9.21. The molecule has 0 spiro atoms. The molecular weight excluding hydrogens is 521 g/mol. The Bertz CT molecular complexity index is 859. The molecule has 1 aromatic rings. The highest BCUT2D eigenvalue weighted by atomic mass is 32.1. The first-order valence-electron chi connectivity index (χ1n) is 11.2. The predicted molar refractivity (Wildman–Crippen MR) is 133 cm³/mol. The van der Waals surface area contributed by atoms with Crippen LogP contribution in [0.1, 0.15) is 65.0 Å². The Kier molecular flexibility index (Phi) is 17.7. The average Bonchev–Trinajstić information content (AvgIpc) is 3.18. The first-order valence-corrected chi connectivity index (χ1v) is 12.1. The third-order valence-corrected chi connectivity index (χ3v) is 4.10. The zero-order chi connectivity index (χ0) is 29.2. The minimum Gasteiger partial charge on any atom is -0.444 e. The lowest BCUT2D eigenvalue weighted by molar-refractivity contribution is -0.141. The molecule has 0 unspecified atom stereocenters. The van der Waals surface area contributed by atoms with E-state index in [1.54, 1.807) is 20.8 Å². The summed E-state index contributed by atoms with van der Waals surface area (Å²) in [6.07, 6.45) is -3.40. The van der Waals surface area contributed by atoms with E-state index in [0.717, 1.165) is 6.42 Å². The van der Waals surface area contributed by atoms with E-state index in [9.17, 15) is 32.3 Å². The van der Waals surface area contributed by atoms with Gasteiger partial charge in [-0.25, -0.2) is 14.6 Å². The third kappa shape index (κ3) is 19.7. The SMILES string of the molecule is CC(C)(C)OC(=O)NCC(=O)NCC(=O)Nc1nc(C(F)(F)F)c(CO)s1.CCC.CCCNC(N)=O. The molecule has 1 rings (SSSR count). The van der Waals surface area contributed by atoms with Crippen molar-refractivity contribution in [2.45, 2.75) is 72.8 Å². The van der Waals surface area contributed by atoms with Gasteiger partial charge in [-0.15, -0.1) is 0 Å². The smallest absolute Gasteiger partial charge is 0.434 e. The normalized spacial score (nSPS) is 10.5. The second kappa shape index (κ2) is 18.2. The van der Waals surface area contributed by atoms with Crippen LogP contribution in [0.4, 0.5) is 27.9 Å². The van der Waals surface area contributed by atoms with Crippen LogP contribution in [0.5, 0.6) is 0 Å². The molecule has 0 fully saturated rings. The van der Waals surface area contributed by atoms with E-state index in [0.29, 0.717) is 17.9 Å². The lowest BCUT2D eigenvalue weighted by Gasteiger charge is -2.19. The van der Waals surface area contributed by atoms with E-state index in [1.165, 1.54) is 6.42 Å². The van der Waals surface area contributed by atoms with Gasteiger partial charge in [-0.1, -0.05) is 38.5 Å².